The number of fused-ring (bicyclic) bond motifs is 3. The van der Waals surface area contributed by atoms with Crippen LogP contribution < -0.4 is 4.74 Å². The lowest BCUT2D eigenvalue weighted by molar-refractivity contribution is 0.0683. The van der Waals surface area contributed by atoms with Crippen LogP contribution in [0, 0.1) is 0 Å². The minimum Gasteiger partial charge on any atom is -0.493 e. The maximum atomic E-state index is 12.8. The van der Waals surface area contributed by atoms with Crippen molar-refractivity contribution in [2.24, 2.45) is 7.05 Å². The largest absolute Gasteiger partial charge is 0.493 e. The van der Waals surface area contributed by atoms with E-state index in [-0.39, 0.29) is 0 Å². The van der Waals surface area contributed by atoms with Gasteiger partial charge in [-0.15, -0.1) is 0 Å². The van der Waals surface area contributed by atoms with E-state index < -0.39 is 5.97 Å². The molecule has 2 aliphatic rings. The zero-order chi connectivity index (χ0) is 27.6. The number of carboxylic acids is 1. The third-order valence-electron chi connectivity index (χ3n) is 8.57. The van der Waals surface area contributed by atoms with Gasteiger partial charge >= 0.3 is 5.97 Å². The monoisotopic (exact) mass is 541 g/mol. The molecule has 0 atom stereocenters. The number of benzene rings is 2. The predicted octanol–water partition coefficient (Wildman–Crippen LogP) is 6.50. The topological polar surface area (TPSA) is 78.5 Å². The molecule has 4 aromatic rings. The molecular formula is C33H39N3O4. The fourth-order valence-electron chi connectivity index (χ4n) is 6.70. The summed E-state index contributed by atoms with van der Waals surface area (Å²) in [6.45, 7) is 4.46. The average molecular weight is 542 g/mol. The lowest BCUT2D eigenvalue weighted by Crippen LogP contribution is -2.12. The summed E-state index contributed by atoms with van der Waals surface area (Å²) in [5.41, 5.74) is 9.25. The Morgan fingerprint density at radius 1 is 1.10 bits per heavy atom. The molecule has 2 aromatic carbocycles. The molecule has 210 valence electrons. The number of ether oxygens (including phenoxy) is 2. The molecule has 1 aliphatic heterocycles. The van der Waals surface area contributed by atoms with Gasteiger partial charge in [-0.3, -0.25) is 4.68 Å². The van der Waals surface area contributed by atoms with E-state index in [4.69, 9.17) is 14.6 Å². The van der Waals surface area contributed by atoms with Crippen LogP contribution in [0.1, 0.15) is 77.6 Å². The normalized spacial score (nSPS) is 15.3. The minimum absolute atomic E-state index is 0.406. The van der Waals surface area contributed by atoms with Gasteiger partial charge < -0.3 is 19.1 Å². The van der Waals surface area contributed by atoms with Crippen LogP contribution >= 0.6 is 0 Å². The van der Waals surface area contributed by atoms with Crippen molar-refractivity contribution < 1.29 is 19.4 Å². The predicted molar refractivity (Wildman–Crippen MR) is 156 cm³/mol. The van der Waals surface area contributed by atoms with Gasteiger partial charge in [0.2, 0.25) is 0 Å². The van der Waals surface area contributed by atoms with Crippen molar-refractivity contribution in [1.29, 1.82) is 0 Å². The molecule has 2 aromatic heterocycles. The minimum atomic E-state index is -0.872. The number of nitrogens with zero attached hydrogens (tertiary/aromatic N) is 3. The van der Waals surface area contributed by atoms with Crippen LogP contribution in [0.3, 0.4) is 0 Å². The van der Waals surface area contributed by atoms with Crippen LogP contribution in [0.25, 0.3) is 22.0 Å². The van der Waals surface area contributed by atoms with Crippen LogP contribution in [0.5, 0.6) is 5.75 Å². The number of aryl methyl sites for hydroxylation is 5. The van der Waals surface area contributed by atoms with Crippen molar-refractivity contribution in [1.82, 2.24) is 14.3 Å². The van der Waals surface area contributed by atoms with Gasteiger partial charge in [0.1, 0.15) is 11.4 Å². The molecule has 0 radical (unpaired) electrons. The molecule has 0 saturated carbocycles. The standard InChI is InChI=1S/C33H39N3O4/c1-3-27-30-26-15-9-14-24-25(16-10-20-40-29-17-8-12-22-11-4-5-13-23(22)29)32(33(37)38)36(31(24)26)18-6-7-19-39-21-28(30)35(2)34-27/h8-9,12,14-15,17H,3-7,10-11,13,16,18-21H2,1-2H3,(H,37,38). The Kier molecular flexibility index (Phi) is 7.65. The fraction of sp³-hybridized carbons (Fsp3) is 0.455. The number of hydrogen-bond donors (Lipinski definition) is 1. The van der Waals surface area contributed by atoms with Gasteiger partial charge in [0.25, 0.3) is 0 Å². The molecule has 7 heteroatoms. The molecule has 0 spiro atoms. The molecule has 3 heterocycles. The number of hydrogen-bond acceptors (Lipinski definition) is 4. The maximum Gasteiger partial charge on any atom is 0.352 e. The van der Waals surface area contributed by atoms with Crippen LogP contribution in [0.4, 0.5) is 0 Å². The number of carbonyl (C=O) groups is 1. The second-order valence-electron chi connectivity index (χ2n) is 11.0. The van der Waals surface area contributed by atoms with Gasteiger partial charge in [-0.05, 0) is 80.5 Å². The Morgan fingerprint density at radius 3 is 2.80 bits per heavy atom. The third-order valence-corrected chi connectivity index (χ3v) is 8.57. The Hall–Kier alpha value is -3.58. The van der Waals surface area contributed by atoms with E-state index in [1.807, 2.05) is 11.7 Å². The first-order chi connectivity index (χ1) is 19.6. The van der Waals surface area contributed by atoms with E-state index in [1.165, 1.54) is 24.0 Å². The smallest absolute Gasteiger partial charge is 0.352 e. The summed E-state index contributed by atoms with van der Waals surface area (Å²) in [5.74, 6) is 0.122. The number of aromatic carboxylic acids is 1. The van der Waals surface area contributed by atoms with Crippen LogP contribution in [-0.4, -0.2) is 38.6 Å². The summed E-state index contributed by atoms with van der Waals surface area (Å²) in [6, 6.07) is 12.6. The number of carboxylic acid groups (broad SMARTS) is 1. The molecule has 0 unspecified atom stereocenters. The zero-order valence-electron chi connectivity index (χ0n) is 23.7. The Labute approximate surface area is 235 Å². The van der Waals surface area contributed by atoms with Crippen molar-refractivity contribution in [3.05, 3.63) is 70.2 Å². The van der Waals surface area contributed by atoms with Crippen molar-refractivity contribution >= 4 is 16.9 Å². The summed E-state index contributed by atoms with van der Waals surface area (Å²) in [4.78, 5) is 12.8. The first kappa shape index (κ1) is 26.6. The van der Waals surface area contributed by atoms with E-state index in [0.29, 0.717) is 38.5 Å². The molecular weight excluding hydrogens is 502 g/mol. The van der Waals surface area contributed by atoms with Gasteiger partial charge in [-0.2, -0.15) is 5.10 Å². The summed E-state index contributed by atoms with van der Waals surface area (Å²) in [5, 5.41) is 16.3. The van der Waals surface area contributed by atoms with Gasteiger partial charge in [-0.1, -0.05) is 37.3 Å². The summed E-state index contributed by atoms with van der Waals surface area (Å²) in [6.07, 6.45) is 8.57. The van der Waals surface area contributed by atoms with Crippen molar-refractivity contribution in [2.75, 3.05) is 13.2 Å². The number of rotatable bonds is 7. The second-order valence-corrected chi connectivity index (χ2v) is 11.0. The fourth-order valence-corrected chi connectivity index (χ4v) is 6.70. The molecule has 1 aliphatic carbocycles. The third kappa shape index (κ3) is 4.81. The summed E-state index contributed by atoms with van der Waals surface area (Å²) >= 11 is 0. The van der Waals surface area contributed by atoms with Gasteiger partial charge in [0, 0.05) is 36.7 Å². The number of aromatic nitrogens is 3. The van der Waals surface area contributed by atoms with E-state index in [2.05, 4.69) is 47.9 Å². The molecule has 1 N–H and O–H groups in total. The maximum absolute atomic E-state index is 12.8. The highest BCUT2D eigenvalue weighted by Crippen LogP contribution is 2.39. The molecule has 7 nitrogen and oxygen atoms in total. The van der Waals surface area contributed by atoms with E-state index in [9.17, 15) is 9.90 Å². The Balaban J connectivity index is 1.39. The van der Waals surface area contributed by atoms with E-state index >= 15 is 0 Å². The first-order valence-electron chi connectivity index (χ1n) is 14.8. The van der Waals surface area contributed by atoms with E-state index in [0.717, 1.165) is 83.3 Å². The Bertz CT molecular complexity index is 1550. The summed E-state index contributed by atoms with van der Waals surface area (Å²) < 4.78 is 16.3. The highest BCUT2D eigenvalue weighted by Gasteiger charge is 2.27. The molecule has 0 saturated heterocycles. The van der Waals surface area contributed by atoms with Crippen LogP contribution in [0.15, 0.2) is 36.4 Å². The average Bonchev–Trinajstić information content (AvgIpc) is 3.45. The molecule has 6 rings (SSSR count). The highest BCUT2D eigenvalue weighted by molar-refractivity contribution is 6.04. The second kappa shape index (κ2) is 11.5. The molecule has 0 bridgehead atoms. The lowest BCUT2D eigenvalue weighted by atomic mass is 9.91. The number of para-hydroxylation sites is 1. The van der Waals surface area contributed by atoms with Crippen molar-refractivity contribution in [3.8, 4) is 16.9 Å². The SMILES string of the molecule is CCc1nn(C)c2c1-c1cccc3c(CCCOc4cccc5c4CCCC5)c(C(=O)O)n(c13)CCCCOC2. The van der Waals surface area contributed by atoms with Gasteiger partial charge in [0.05, 0.1) is 30.1 Å². The molecule has 0 amide bonds. The van der Waals surface area contributed by atoms with Gasteiger partial charge in [0.15, 0.2) is 0 Å². The first-order valence-corrected chi connectivity index (χ1v) is 14.8. The lowest BCUT2D eigenvalue weighted by Gasteiger charge is -2.19. The summed E-state index contributed by atoms with van der Waals surface area (Å²) in [7, 11) is 1.97. The van der Waals surface area contributed by atoms with Crippen molar-refractivity contribution in [2.45, 2.75) is 77.9 Å². The van der Waals surface area contributed by atoms with E-state index in [1.54, 1.807) is 0 Å². The van der Waals surface area contributed by atoms with Crippen LogP contribution in [0.2, 0.25) is 0 Å². The zero-order valence-corrected chi connectivity index (χ0v) is 23.7. The Morgan fingerprint density at radius 2 is 1.95 bits per heavy atom. The van der Waals surface area contributed by atoms with Gasteiger partial charge in [-0.25, -0.2) is 4.79 Å². The quantitative estimate of drug-likeness (QED) is 0.270. The molecule has 0 fully saturated rings. The highest BCUT2D eigenvalue weighted by atomic mass is 16.5. The van der Waals surface area contributed by atoms with Crippen LogP contribution in [-0.2, 0) is 50.6 Å². The van der Waals surface area contributed by atoms with Crippen molar-refractivity contribution in [3.63, 3.8) is 0 Å². The molecule has 40 heavy (non-hydrogen) atoms.